The van der Waals surface area contributed by atoms with E-state index in [4.69, 9.17) is 0 Å². The summed E-state index contributed by atoms with van der Waals surface area (Å²) in [5.74, 6) is 0.936. The third-order valence-electron chi connectivity index (χ3n) is 6.18. The fraction of sp³-hybridized carbons (Fsp3) is 0.429. The highest BCUT2D eigenvalue weighted by Gasteiger charge is 2.43. The molecule has 2 N–H and O–H groups in total. The van der Waals surface area contributed by atoms with Crippen molar-refractivity contribution in [3.05, 3.63) is 36.3 Å². The molecule has 2 bridgehead atoms. The number of pyridine rings is 1. The molecular weight excluding hydrogens is 371 g/mol. The van der Waals surface area contributed by atoms with Gasteiger partial charge in [-0.3, -0.25) is 4.98 Å². The molecule has 2 aliphatic rings. The number of anilines is 1. The summed E-state index contributed by atoms with van der Waals surface area (Å²) in [6.07, 6.45) is 5.03. The monoisotopic (exact) mass is 394 g/mol. The molecule has 0 amide bonds. The molecule has 2 aliphatic heterocycles. The van der Waals surface area contributed by atoms with Crippen molar-refractivity contribution in [2.24, 2.45) is 0 Å². The Morgan fingerprint density at radius 2 is 1.97 bits per heavy atom. The van der Waals surface area contributed by atoms with Crippen LogP contribution >= 0.6 is 0 Å². The van der Waals surface area contributed by atoms with E-state index in [-0.39, 0.29) is 17.8 Å². The first-order chi connectivity index (χ1) is 14.0. The zero-order chi connectivity index (χ0) is 20.1. The Morgan fingerprint density at radius 3 is 2.76 bits per heavy atom. The SMILES string of the molecule is Cc1cc2cc(-c3ncc(N(C)[C@H]4CC5CCC(N5)[C@H]4F)nn3)c(O)cc2cn1. The minimum absolute atomic E-state index is 0.0739. The Labute approximate surface area is 168 Å². The van der Waals surface area contributed by atoms with Crippen LogP contribution in [0.1, 0.15) is 25.0 Å². The average Bonchev–Trinajstić information content (AvgIpc) is 3.14. The van der Waals surface area contributed by atoms with E-state index in [1.807, 2.05) is 31.0 Å². The molecule has 7 nitrogen and oxygen atoms in total. The Balaban J connectivity index is 1.43. The highest BCUT2D eigenvalue weighted by Crippen LogP contribution is 2.34. The molecule has 4 heterocycles. The molecule has 3 aromatic rings. The van der Waals surface area contributed by atoms with Gasteiger partial charge in [0.25, 0.3) is 0 Å². The number of fused-ring (bicyclic) bond motifs is 3. The lowest BCUT2D eigenvalue weighted by molar-refractivity contribution is 0.176. The van der Waals surface area contributed by atoms with E-state index in [9.17, 15) is 9.50 Å². The van der Waals surface area contributed by atoms with E-state index in [0.717, 1.165) is 35.7 Å². The van der Waals surface area contributed by atoms with Crippen LogP contribution in [0.3, 0.4) is 0 Å². The maximum absolute atomic E-state index is 14.8. The highest BCUT2D eigenvalue weighted by molar-refractivity contribution is 5.89. The predicted octanol–water partition coefficient (Wildman–Crippen LogP) is 2.77. The number of benzene rings is 1. The third kappa shape index (κ3) is 3.17. The molecule has 2 saturated heterocycles. The number of nitrogens with one attached hydrogen (secondary N) is 1. The first-order valence-electron chi connectivity index (χ1n) is 9.92. The van der Waals surface area contributed by atoms with Gasteiger partial charge in [-0.05, 0) is 49.8 Å². The van der Waals surface area contributed by atoms with Gasteiger partial charge in [-0.25, -0.2) is 9.37 Å². The molecule has 8 heteroatoms. The van der Waals surface area contributed by atoms with E-state index in [1.165, 1.54) is 0 Å². The fourth-order valence-electron chi connectivity index (χ4n) is 4.54. The van der Waals surface area contributed by atoms with E-state index >= 15 is 0 Å². The van der Waals surface area contributed by atoms with Gasteiger partial charge in [-0.1, -0.05) is 0 Å². The molecule has 2 unspecified atom stereocenters. The van der Waals surface area contributed by atoms with Gasteiger partial charge in [0.05, 0.1) is 17.8 Å². The van der Waals surface area contributed by atoms with Crippen molar-refractivity contribution >= 4 is 16.6 Å². The maximum atomic E-state index is 14.8. The van der Waals surface area contributed by atoms with Crippen molar-refractivity contribution in [2.75, 3.05) is 11.9 Å². The largest absolute Gasteiger partial charge is 0.507 e. The van der Waals surface area contributed by atoms with Crippen molar-refractivity contribution in [3.63, 3.8) is 0 Å². The summed E-state index contributed by atoms with van der Waals surface area (Å²) in [6.45, 7) is 1.92. The van der Waals surface area contributed by atoms with E-state index in [0.29, 0.717) is 23.2 Å². The summed E-state index contributed by atoms with van der Waals surface area (Å²) in [5, 5.41) is 24.0. The topological polar surface area (TPSA) is 87.1 Å². The van der Waals surface area contributed by atoms with Crippen molar-refractivity contribution in [2.45, 2.75) is 50.5 Å². The number of aryl methyl sites for hydroxylation is 1. The minimum atomic E-state index is -0.943. The van der Waals surface area contributed by atoms with E-state index < -0.39 is 6.17 Å². The number of hydrogen-bond donors (Lipinski definition) is 2. The van der Waals surface area contributed by atoms with Crippen LogP contribution in [0, 0.1) is 6.92 Å². The molecule has 0 aliphatic carbocycles. The predicted molar refractivity (Wildman–Crippen MR) is 109 cm³/mol. The van der Waals surface area contributed by atoms with Crippen LogP contribution in [0.15, 0.2) is 30.6 Å². The molecule has 150 valence electrons. The number of halogens is 1. The van der Waals surface area contributed by atoms with Gasteiger partial charge in [-0.15, -0.1) is 10.2 Å². The van der Waals surface area contributed by atoms with Crippen molar-refractivity contribution in [3.8, 4) is 17.1 Å². The second-order valence-electron chi connectivity index (χ2n) is 8.09. The summed E-state index contributed by atoms with van der Waals surface area (Å²) >= 11 is 0. The lowest BCUT2D eigenvalue weighted by Gasteiger charge is -2.38. The Morgan fingerprint density at radius 1 is 1.10 bits per heavy atom. The minimum Gasteiger partial charge on any atom is -0.507 e. The van der Waals surface area contributed by atoms with Crippen LogP contribution in [0.25, 0.3) is 22.2 Å². The first-order valence-corrected chi connectivity index (χ1v) is 9.92. The smallest absolute Gasteiger partial charge is 0.185 e. The van der Waals surface area contributed by atoms with Gasteiger partial charge in [-0.2, -0.15) is 0 Å². The summed E-state index contributed by atoms with van der Waals surface area (Å²) in [6, 6.07) is 5.49. The Hall–Kier alpha value is -2.87. The van der Waals surface area contributed by atoms with Gasteiger partial charge in [0, 0.05) is 36.4 Å². The molecule has 1 aromatic carbocycles. The highest BCUT2D eigenvalue weighted by atomic mass is 19.1. The zero-order valence-corrected chi connectivity index (χ0v) is 16.4. The summed E-state index contributed by atoms with van der Waals surface area (Å²) < 4.78 is 14.8. The molecule has 2 fully saturated rings. The number of phenols is 1. The van der Waals surface area contributed by atoms with Crippen molar-refractivity contribution in [1.82, 2.24) is 25.5 Å². The summed E-state index contributed by atoms with van der Waals surface area (Å²) in [5.41, 5.74) is 1.40. The van der Waals surface area contributed by atoms with Gasteiger partial charge in [0.15, 0.2) is 11.6 Å². The molecule has 0 spiro atoms. The van der Waals surface area contributed by atoms with Gasteiger partial charge >= 0.3 is 0 Å². The Kier molecular flexibility index (Phi) is 4.31. The number of alkyl halides is 1. The van der Waals surface area contributed by atoms with Gasteiger partial charge < -0.3 is 15.3 Å². The molecular formula is C21H23FN6O. The van der Waals surface area contributed by atoms with Crippen LogP contribution in [-0.4, -0.2) is 56.6 Å². The van der Waals surface area contributed by atoms with Crippen LogP contribution in [0.2, 0.25) is 0 Å². The van der Waals surface area contributed by atoms with Crippen LogP contribution in [0.4, 0.5) is 10.2 Å². The fourth-order valence-corrected chi connectivity index (χ4v) is 4.54. The second kappa shape index (κ2) is 6.88. The van der Waals surface area contributed by atoms with E-state index in [2.05, 4.69) is 25.5 Å². The van der Waals surface area contributed by atoms with Gasteiger partial charge in [0.1, 0.15) is 11.9 Å². The number of hydrogen-bond acceptors (Lipinski definition) is 7. The normalized spacial score (nSPS) is 26.0. The molecule has 4 atom stereocenters. The average molecular weight is 394 g/mol. The lowest BCUT2D eigenvalue weighted by atomic mass is 9.96. The molecule has 0 radical (unpaired) electrons. The molecule has 2 aromatic heterocycles. The number of piperidine rings is 1. The number of phenolic OH excluding ortho intramolecular Hbond substituents is 1. The first kappa shape index (κ1) is 18.2. The van der Waals surface area contributed by atoms with Crippen molar-refractivity contribution in [1.29, 1.82) is 0 Å². The van der Waals surface area contributed by atoms with Crippen molar-refractivity contribution < 1.29 is 9.50 Å². The lowest BCUT2D eigenvalue weighted by Crippen LogP contribution is -2.55. The number of nitrogens with zero attached hydrogens (tertiary/aromatic N) is 5. The molecule has 0 saturated carbocycles. The van der Waals surface area contributed by atoms with Crippen LogP contribution in [0.5, 0.6) is 5.75 Å². The Bertz CT molecular complexity index is 1060. The van der Waals surface area contributed by atoms with E-state index in [1.54, 1.807) is 18.5 Å². The van der Waals surface area contributed by atoms with Gasteiger partial charge in [0.2, 0.25) is 0 Å². The standard InChI is InChI=1S/C21H23FN6O/c1-11-5-12-6-15(18(29)7-13(12)9-23-11)21-24-10-19(26-27-21)28(2)17-8-14-3-4-16(25-14)20(17)22/h5-7,9-10,14,16-17,20,25,29H,3-4,8H2,1-2H3/t14?,16?,17-,20+/m0/s1. The quantitative estimate of drug-likeness (QED) is 0.706. The third-order valence-corrected chi connectivity index (χ3v) is 6.18. The number of aromatic nitrogens is 4. The maximum Gasteiger partial charge on any atom is 0.185 e. The summed E-state index contributed by atoms with van der Waals surface area (Å²) in [7, 11) is 1.84. The molecule has 29 heavy (non-hydrogen) atoms. The zero-order valence-electron chi connectivity index (χ0n) is 16.4. The number of rotatable bonds is 3. The molecule has 5 rings (SSSR count). The summed E-state index contributed by atoms with van der Waals surface area (Å²) in [4.78, 5) is 10.5. The van der Waals surface area contributed by atoms with Crippen LogP contribution in [-0.2, 0) is 0 Å². The second-order valence-corrected chi connectivity index (χ2v) is 8.09. The van der Waals surface area contributed by atoms with Crippen LogP contribution < -0.4 is 10.2 Å². The number of aromatic hydroxyl groups is 1.